The van der Waals surface area contributed by atoms with E-state index < -0.39 is 18.0 Å². The van der Waals surface area contributed by atoms with Gasteiger partial charge in [-0.25, -0.2) is 9.97 Å². The van der Waals surface area contributed by atoms with Crippen LogP contribution in [0.3, 0.4) is 0 Å². The molecule has 13 heteroatoms. The molecule has 0 spiro atoms. The number of carboxylic acids is 2. The number of rotatable bonds is 8. The minimum Gasteiger partial charge on any atom is -0.481 e. The Morgan fingerprint density at radius 3 is 1.83 bits per heavy atom. The number of aliphatic hydroxyl groups excluding tert-OH is 1. The number of nitrogens with zero attached hydrogens (tertiary/aromatic N) is 2. The number of H-pyrrole nitrogens is 2. The van der Waals surface area contributed by atoms with Crippen molar-refractivity contribution in [3.63, 3.8) is 0 Å². The van der Waals surface area contributed by atoms with E-state index in [0.29, 0.717) is 57.3 Å². The summed E-state index contributed by atoms with van der Waals surface area (Å²) < 4.78 is 2.53. The van der Waals surface area contributed by atoms with Crippen LogP contribution in [-0.2, 0) is 16.0 Å². The molecular formula is C34H32Br4N4O5. The van der Waals surface area contributed by atoms with E-state index in [0.717, 1.165) is 50.0 Å². The van der Waals surface area contributed by atoms with E-state index in [1.807, 2.05) is 27.7 Å². The van der Waals surface area contributed by atoms with Crippen LogP contribution in [-0.4, -0.2) is 53.3 Å². The second kappa shape index (κ2) is 13.6. The van der Waals surface area contributed by atoms with E-state index >= 15 is 0 Å². The zero-order valence-corrected chi connectivity index (χ0v) is 32.6. The molecule has 1 unspecified atom stereocenters. The van der Waals surface area contributed by atoms with E-state index in [4.69, 9.17) is 9.97 Å². The fourth-order valence-corrected chi connectivity index (χ4v) is 9.13. The molecule has 2 aliphatic rings. The predicted octanol–water partition coefficient (Wildman–Crippen LogP) is 9.75. The summed E-state index contributed by atoms with van der Waals surface area (Å²) in [5, 5.41) is 30.2. The SMILES string of the molecule is C=Cc1c(C)c2[nH]c1c(Br)c1nc(c(Br)c3[nH]c(c(C)c3CCC(=O)O)c(Br)c3nc(c2Br)C(C(C)O)=C3C)C(CCC(=O)O)=C1C. The van der Waals surface area contributed by atoms with Gasteiger partial charge >= 0.3 is 11.9 Å². The van der Waals surface area contributed by atoms with Crippen LogP contribution < -0.4 is 0 Å². The van der Waals surface area contributed by atoms with Gasteiger partial charge in [-0.1, -0.05) is 12.7 Å². The van der Waals surface area contributed by atoms with Crippen LogP contribution in [0.25, 0.3) is 50.4 Å². The highest BCUT2D eigenvalue weighted by molar-refractivity contribution is 9.11. The minimum atomic E-state index is -0.931. The molecule has 8 bridgehead atoms. The van der Waals surface area contributed by atoms with Gasteiger partial charge in [0.2, 0.25) is 0 Å². The number of hydrogen-bond donors (Lipinski definition) is 5. The van der Waals surface area contributed by atoms with Gasteiger partial charge in [-0.3, -0.25) is 9.59 Å². The standard InChI is InChI=1S/C34H32Br4N4O5/c1-7-17-12(2)27-25(37)34-22(16(6)43)15(5)30(42-34)23(35)28-13(3)18(8-10-20(44)45)32(40-28)26(38)33-19(9-11-21(46)47)14(4)29(41-33)24(36)31(17)39-27/h7,16,39-40,43H,1,8-11H2,2-6H3,(H,44,45)(H,46,47). The molecule has 0 aliphatic carbocycles. The normalized spacial score (nSPS) is 13.8. The number of aromatic nitrogens is 4. The molecule has 5 rings (SSSR count). The van der Waals surface area contributed by atoms with Gasteiger partial charge < -0.3 is 25.3 Å². The first kappa shape index (κ1) is 35.5. The highest BCUT2D eigenvalue weighted by atomic mass is 79.9. The van der Waals surface area contributed by atoms with Crippen LogP contribution in [0.15, 0.2) is 24.5 Å². The number of nitrogens with one attached hydrogen (secondary N) is 2. The molecule has 0 radical (unpaired) electrons. The Balaban J connectivity index is 2.10. The van der Waals surface area contributed by atoms with Gasteiger partial charge in [-0.2, -0.15) is 0 Å². The number of aliphatic hydroxyl groups is 1. The molecule has 246 valence electrons. The lowest BCUT2D eigenvalue weighted by Crippen LogP contribution is -2.03. The molecule has 0 fully saturated rings. The molecule has 0 aromatic carbocycles. The Labute approximate surface area is 304 Å². The van der Waals surface area contributed by atoms with Gasteiger partial charge in [0.15, 0.2) is 0 Å². The fraction of sp³-hybridized carbons (Fsp3) is 0.294. The van der Waals surface area contributed by atoms with Crippen molar-refractivity contribution in [1.82, 2.24) is 19.9 Å². The maximum Gasteiger partial charge on any atom is 0.303 e. The second-order valence-electron chi connectivity index (χ2n) is 11.6. The van der Waals surface area contributed by atoms with Crippen LogP contribution in [0.2, 0.25) is 0 Å². The monoisotopic (exact) mass is 892 g/mol. The molecule has 47 heavy (non-hydrogen) atoms. The Morgan fingerprint density at radius 2 is 1.23 bits per heavy atom. The van der Waals surface area contributed by atoms with Crippen molar-refractivity contribution in [2.75, 3.05) is 0 Å². The summed E-state index contributed by atoms with van der Waals surface area (Å²) in [4.78, 5) is 40.7. The number of carboxylic acid groups (broad SMARTS) is 2. The van der Waals surface area contributed by atoms with Gasteiger partial charge in [0.05, 0.1) is 68.8 Å². The molecule has 0 saturated carbocycles. The molecular weight excluding hydrogens is 864 g/mol. The van der Waals surface area contributed by atoms with Crippen molar-refractivity contribution in [3.8, 4) is 0 Å². The Hall–Kier alpha value is -2.84. The molecule has 0 saturated heterocycles. The lowest BCUT2D eigenvalue weighted by atomic mass is 10.00. The number of aliphatic carboxylic acids is 2. The molecule has 9 nitrogen and oxygen atoms in total. The van der Waals surface area contributed by atoms with Crippen LogP contribution in [0.5, 0.6) is 0 Å². The first-order chi connectivity index (χ1) is 22.1. The zero-order valence-electron chi connectivity index (χ0n) is 26.3. The van der Waals surface area contributed by atoms with Gasteiger partial charge in [0.1, 0.15) is 0 Å². The Kier molecular flexibility index (Phi) is 10.2. The van der Waals surface area contributed by atoms with Crippen molar-refractivity contribution >= 4 is 126 Å². The molecule has 1 atom stereocenters. The number of fused-ring (bicyclic) bond motifs is 8. The summed E-state index contributed by atoms with van der Waals surface area (Å²) in [6, 6.07) is 0. The van der Waals surface area contributed by atoms with Gasteiger partial charge in [0, 0.05) is 24.0 Å². The maximum atomic E-state index is 11.7. The smallest absolute Gasteiger partial charge is 0.303 e. The largest absolute Gasteiger partial charge is 0.481 e. The van der Waals surface area contributed by atoms with Crippen molar-refractivity contribution in [3.05, 3.63) is 69.5 Å². The number of hydrogen-bond acceptors (Lipinski definition) is 5. The molecule has 5 N–H and O–H groups in total. The molecule has 2 aliphatic heterocycles. The zero-order chi connectivity index (χ0) is 34.6. The average molecular weight is 896 g/mol. The van der Waals surface area contributed by atoms with E-state index in [-0.39, 0.29) is 25.7 Å². The lowest BCUT2D eigenvalue weighted by molar-refractivity contribution is -0.137. The third-order valence-corrected chi connectivity index (χ3v) is 11.8. The maximum absolute atomic E-state index is 11.7. The van der Waals surface area contributed by atoms with Crippen molar-refractivity contribution in [2.45, 2.75) is 66.4 Å². The van der Waals surface area contributed by atoms with Crippen LogP contribution in [0, 0.1) is 13.8 Å². The predicted molar refractivity (Wildman–Crippen MR) is 201 cm³/mol. The molecule has 3 aromatic rings. The third kappa shape index (κ3) is 6.14. The number of aryl methyl sites for hydroxylation is 3. The molecule has 0 amide bonds. The number of halogens is 4. The Bertz CT molecular complexity index is 2140. The number of carbonyl (C=O) groups is 2. The summed E-state index contributed by atoms with van der Waals surface area (Å²) in [5.41, 5.74) is 11.5. The van der Waals surface area contributed by atoms with Crippen molar-refractivity contribution in [1.29, 1.82) is 0 Å². The quantitative estimate of drug-likeness (QED) is 0.151. The van der Waals surface area contributed by atoms with Crippen LogP contribution in [0.4, 0.5) is 0 Å². The first-order valence-electron chi connectivity index (χ1n) is 14.7. The highest BCUT2D eigenvalue weighted by Crippen LogP contribution is 2.45. The van der Waals surface area contributed by atoms with Gasteiger partial charge in [-0.05, 0) is 145 Å². The minimum absolute atomic E-state index is 0.0989. The van der Waals surface area contributed by atoms with E-state index in [2.05, 4.69) is 80.3 Å². The Morgan fingerprint density at radius 1 is 0.745 bits per heavy atom. The fourth-order valence-electron chi connectivity index (χ4n) is 6.28. The summed E-state index contributed by atoms with van der Waals surface area (Å²) in [5.74, 6) is -1.86. The topological polar surface area (TPSA) is 152 Å². The second-order valence-corrected chi connectivity index (χ2v) is 14.7. The summed E-state index contributed by atoms with van der Waals surface area (Å²) >= 11 is 15.3. The van der Waals surface area contributed by atoms with Gasteiger partial charge in [-0.15, -0.1) is 0 Å². The van der Waals surface area contributed by atoms with E-state index in [9.17, 15) is 24.9 Å². The van der Waals surface area contributed by atoms with Crippen molar-refractivity contribution in [2.24, 2.45) is 0 Å². The summed E-state index contributed by atoms with van der Waals surface area (Å²) in [6.07, 6.45) is 1.20. The van der Waals surface area contributed by atoms with E-state index in [1.165, 1.54) is 0 Å². The number of allylic oxidation sites excluding steroid dienone is 3. The first-order valence-corrected chi connectivity index (χ1v) is 17.9. The highest BCUT2D eigenvalue weighted by Gasteiger charge is 2.29. The molecule has 5 heterocycles. The summed E-state index contributed by atoms with van der Waals surface area (Å²) in [7, 11) is 0. The van der Waals surface area contributed by atoms with Crippen molar-refractivity contribution < 1.29 is 24.9 Å². The van der Waals surface area contributed by atoms with Crippen LogP contribution >= 0.6 is 63.7 Å². The van der Waals surface area contributed by atoms with Gasteiger partial charge in [0.25, 0.3) is 0 Å². The third-order valence-electron chi connectivity index (χ3n) is 8.74. The number of aromatic amines is 2. The lowest BCUT2D eigenvalue weighted by Gasteiger charge is -2.09. The summed E-state index contributed by atoms with van der Waals surface area (Å²) in [6.45, 7) is 13.5. The average Bonchev–Trinajstić information content (AvgIpc) is 3.73. The van der Waals surface area contributed by atoms with E-state index in [1.54, 1.807) is 13.0 Å². The molecule has 3 aromatic heterocycles. The van der Waals surface area contributed by atoms with Crippen LogP contribution in [0.1, 0.15) is 85.1 Å².